The maximum absolute atomic E-state index is 14.9. The van der Waals surface area contributed by atoms with Crippen LogP contribution in [0.1, 0.15) is 152 Å². The molecule has 41 heteroatoms. The topological polar surface area (TPSA) is 510 Å². The molecular weight excluding hydrogens is 1550 g/mol. The van der Waals surface area contributed by atoms with Crippen LogP contribution in [0.25, 0.3) is 11.2 Å². The van der Waals surface area contributed by atoms with Crippen LogP contribution in [-0.4, -0.2) is 261 Å². The van der Waals surface area contributed by atoms with Crippen LogP contribution in [0.2, 0.25) is 0 Å². The number of thioether (sulfide) groups is 1. The molecular formula is C71H115N12O25P3S. The molecule has 0 radical (unpaired) electrons. The molecule has 3 aliphatic heterocycles. The van der Waals surface area contributed by atoms with Crippen LogP contribution in [0.4, 0.5) is 5.82 Å². The Morgan fingerprint density at radius 1 is 0.839 bits per heavy atom. The number of fused-ring (bicyclic) bond motifs is 1. The van der Waals surface area contributed by atoms with Crippen LogP contribution in [0.3, 0.4) is 0 Å². The van der Waals surface area contributed by atoms with Gasteiger partial charge in [0.05, 0.1) is 67.5 Å². The minimum Gasteiger partial charge on any atom is -0.386 e. The number of rotatable bonds is 47. The van der Waals surface area contributed by atoms with Crippen molar-refractivity contribution in [3.05, 3.63) is 48.5 Å². The number of ketones is 1. The molecule has 112 heavy (non-hydrogen) atoms. The summed E-state index contributed by atoms with van der Waals surface area (Å²) in [6, 6.07) is 7.98. The van der Waals surface area contributed by atoms with Crippen molar-refractivity contribution in [2.75, 3.05) is 79.2 Å². The first kappa shape index (κ1) is 94.6. The lowest BCUT2D eigenvalue weighted by molar-refractivity contribution is -0.149. The minimum absolute atomic E-state index is 0.00566. The summed E-state index contributed by atoms with van der Waals surface area (Å²) in [5.41, 5.74) is 5.28. The number of unbranched alkanes of at least 4 members (excludes halogenated alkanes) is 2. The number of Topliss-reactive ketones (excluding diaryl/α,β-unsaturated/α-hetero) is 1. The lowest BCUT2D eigenvalue weighted by atomic mass is 9.83. The summed E-state index contributed by atoms with van der Waals surface area (Å²) in [6.07, 6.45) is -4.81. The SMILES string of the molecule is CC[C@H](C)[C@@H]([C@@H](CC(=O)N1CCC[C@H]1[C@H](OC)[C@@H](C)C(=O)N[C@H](C)Cc1ccccc1)OC)N(C)C(=O)[C@@H](CC(=O)[C@H](C(C)C)N(C)C(=O)CCCCCN1C(=O)CC(SCCNC(=O)CCNC(=O)[C@H](O)C(C)(C)COP(=O)(O)OP(=O)(O)OC[C@@H]2O[C@H](n3cnc4c(N)ncnc43)[C@@H](O)[C@H]2OP(=O)(O)O)C1=O)C(C)C. The predicted molar refractivity (Wildman–Crippen MR) is 409 cm³/mol. The number of hydrogen-bond donors (Lipinski definition) is 10. The molecule has 3 aromatic rings. The molecule has 17 atom stereocenters. The summed E-state index contributed by atoms with van der Waals surface area (Å²) in [6.45, 7) is 15.9. The van der Waals surface area contributed by atoms with E-state index in [9.17, 15) is 86.6 Å². The third-order valence-corrected chi connectivity index (χ3v) is 25.0. The van der Waals surface area contributed by atoms with Crippen molar-refractivity contribution < 1.29 is 119 Å². The van der Waals surface area contributed by atoms with Gasteiger partial charge in [-0.3, -0.25) is 66.2 Å². The molecule has 5 heterocycles. The summed E-state index contributed by atoms with van der Waals surface area (Å²) in [4.78, 5) is 181. The van der Waals surface area contributed by atoms with Gasteiger partial charge in [-0.15, -0.1) is 11.8 Å². The van der Waals surface area contributed by atoms with Gasteiger partial charge in [-0.05, 0) is 62.3 Å². The van der Waals surface area contributed by atoms with Gasteiger partial charge in [0.25, 0.3) is 0 Å². The van der Waals surface area contributed by atoms with Crippen molar-refractivity contribution in [1.82, 2.24) is 55.1 Å². The molecule has 3 aliphatic rings. The number of hydrogen-bond acceptors (Lipinski definition) is 26. The molecule has 3 fully saturated rings. The smallest absolute Gasteiger partial charge is 0.386 e. The Balaban J connectivity index is 0.882. The number of carbonyl (C=O) groups is 9. The fourth-order valence-electron chi connectivity index (χ4n) is 14.3. The van der Waals surface area contributed by atoms with Crippen molar-refractivity contribution in [3.63, 3.8) is 0 Å². The maximum Gasteiger partial charge on any atom is 0.481 e. The molecule has 630 valence electrons. The second-order valence-corrected chi connectivity index (χ2v) is 35.8. The van der Waals surface area contributed by atoms with Crippen LogP contribution in [0, 0.1) is 35.0 Å². The number of aliphatic hydroxyl groups excluding tert-OH is 2. The number of ether oxygens (including phenoxy) is 3. The average Bonchev–Trinajstić information content (AvgIpc) is 1.61. The fraction of sp³-hybridized carbons (Fsp3) is 0.718. The van der Waals surface area contributed by atoms with Crippen molar-refractivity contribution in [2.24, 2.45) is 35.0 Å². The molecule has 0 aliphatic carbocycles. The first-order valence-corrected chi connectivity index (χ1v) is 43.1. The van der Waals surface area contributed by atoms with E-state index in [2.05, 4.69) is 39.7 Å². The van der Waals surface area contributed by atoms with Crippen molar-refractivity contribution in [1.29, 1.82) is 0 Å². The van der Waals surface area contributed by atoms with E-state index in [0.29, 0.717) is 45.1 Å². The third kappa shape index (κ3) is 26.4. The number of likely N-dealkylation sites (tertiary alicyclic amines) is 2. The van der Waals surface area contributed by atoms with Gasteiger partial charge >= 0.3 is 23.5 Å². The van der Waals surface area contributed by atoms with E-state index < -0.39 is 132 Å². The van der Waals surface area contributed by atoms with Crippen LogP contribution in [-0.2, 0) is 95.4 Å². The van der Waals surface area contributed by atoms with E-state index in [4.69, 9.17) is 29.0 Å². The van der Waals surface area contributed by atoms with E-state index in [1.54, 1.807) is 31.0 Å². The lowest BCUT2D eigenvalue weighted by Crippen LogP contribution is -2.54. The maximum atomic E-state index is 14.9. The molecule has 3 unspecified atom stereocenters. The van der Waals surface area contributed by atoms with Crippen molar-refractivity contribution in [2.45, 2.75) is 219 Å². The Labute approximate surface area is 657 Å². The molecule has 0 bridgehead atoms. The first-order valence-electron chi connectivity index (χ1n) is 37.6. The number of nitrogens with one attached hydrogen (secondary N) is 3. The van der Waals surface area contributed by atoms with Crippen LogP contribution in [0.15, 0.2) is 43.0 Å². The molecule has 0 saturated carbocycles. The van der Waals surface area contributed by atoms with Gasteiger partial charge in [0.1, 0.15) is 36.3 Å². The third-order valence-electron chi connectivity index (χ3n) is 20.6. The van der Waals surface area contributed by atoms with E-state index in [0.717, 1.165) is 29.2 Å². The highest BCUT2D eigenvalue weighted by Gasteiger charge is 2.51. The molecule has 37 nitrogen and oxygen atoms in total. The number of nitrogen functional groups attached to an aromatic ring is 1. The number of benzene rings is 1. The van der Waals surface area contributed by atoms with E-state index in [1.807, 2.05) is 85.7 Å². The zero-order valence-electron chi connectivity index (χ0n) is 66.1. The molecule has 2 aromatic heterocycles. The number of phosphoric acid groups is 3. The van der Waals surface area contributed by atoms with Crippen LogP contribution < -0.4 is 21.7 Å². The summed E-state index contributed by atoms with van der Waals surface area (Å²) in [5.74, 6) is -5.42. The monoisotopic (exact) mass is 1660 g/mol. The van der Waals surface area contributed by atoms with E-state index in [-0.39, 0.29) is 140 Å². The number of nitrogens with zero attached hydrogens (tertiary/aromatic N) is 8. The summed E-state index contributed by atoms with van der Waals surface area (Å²) >= 11 is 1.17. The van der Waals surface area contributed by atoms with E-state index in [1.165, 1.54) is 42.5 Å². The Morgan fingerprint density at radius 2 is 1.52 bits per heavy atom. The second-order valence-electron chi connectivity index (χ2n) is 30.2. The zero-order valence-corrected chi connectivity index (χ0v) is 69.6. The number of likely N-dealkylation sites (N-methyl/N-ethyl adjacent to an activating group) is 2. The second kappa shape index (κ2) is 42.5. The number of imide groups is 1. The minimum atomic E-state index is -5.65. The molecule has 8 amide bonds. The number of anilines is 1. The summed E-state index contributed by atoms with van der Waals surface area (Å²) in [5, 5.41) is 29.3. The van der Waals surface area contributed by atoms with E-state index >= 15 is 0 Å². The number of phosphoric ester groups is 3. The number of amides is 8. The number of imidazole rings is 1. The highest BCUT2D eigenvalue weighted by Crippen LogP contribution is 2.61. The Kier molecular flexibility index (Phi) is 35.9. The van der Waals surface area contributed by atoms with Gasteiger partial charge < -0.3 is 80.4 Å². The quantitative estimate of drug-likeness (QED) is 0.0215. The number of nitrogens with two attached hydrogens (primary N) is 1. The van der Waals surface area contributed by atoms with Gasteiger partial charge in [0, 0.05) is 103 Å². The van der Waals surface area contributed by atoms with Crippen LogP contribution >= 0.6 is 35.2 Å². The Bertz CT molecular complexity index is 3840. The highest BCUT2D eigenvalue weighted by atomic mass is 32.2. The van der Waals surface area contributed by atoms with Crippen LogP contribution in [0.5, 0.6) is 0 Å². The number of aromatic nitrogens is 4. The molecule has 3 saturated heterocycles. The first-order chi connectivity index (χ1) is 52.5. The molecule has 6 rings (SSSR count). The predicted octanol–water partition coefficient (Wildman–Crippen LogP) is 4.21. The van der Waals surface area contributed by atoms with Crippen molar-refractivity contribution >= 4 is 105 Å². The molecule has 0 spiro atoms. The normalized spacial score (nSPS) is 21.8. The zero-order chi connectivity index (χ0) is 83.5. The molecule has 1 aromatic carbocycles. The summed E-state index contributed by atoms with van der Waals surface area (Å²) in [7, 11) is -10.3. The molecule has 11 N–H and O–H groups in total. The van der Waals surface area contributed by atoms with Crippen molar-refractivity contribution in [3.8, 4) is 0 Å². The van der Waals surface area contributed by atoms with Gasteiger partial charge in [0.15, 0.2) is 23.5 Å². The fourth-order valence-corrected chi connectivity index (χ4v) is 18.2. The number of carbonyl (C=O) groups excluding carboxylic acids is 9. The van der Waals surface area contributed by atoms with Gasteiger partial charge in [-0.25, -0.2) is 28.6 Å². The average molecular weight is 1660 g/mol. The summed E-state index contributed by atoms with van der Waals surface area (Å²) < 4.78 is 75.1. The Morgan fingerprint density at radius 3 is 2.15 bits per heavy atom. The Hall–Kier alpha value is -6.28. The standard InChI is InChI=1S/C71H115N12O25P3S/c1-15-43(6)59(50(102-13)35-55(87)81-31-22-25-48(81)61(103-14)45(8)66(91)78-44(7)33-46-23-18-16-19-24-46)80(12)68(93)47(41(2)3)34-49(84)58(42(4)5)79(11)54(86)26-20-17-21-30-82-56(88)36-52(69(82)94)112-32-29-73-53(85)27-28-74-67(92)63(90)71(9,10)38-105-111(100,101)108-110(98,99)104-37-51-62(107-109(95,96)97)60(89)70(106-51)83-40-77-57-64(72)75-39-76-65(57)83/h16,18-19,23-24,39-45,47-48,50-52,58-63,70,89-90H,15,17,20-22,25-38H2,1-14H3,(H,73,85)(H,74,92)(H,78,91)(H,98,99)(H,100,101)(H2,72,75,76)(H2,95,96,97)/t43-,44+,45+,47-,48-,50+,51-,52?,58-,59-,60-,61+,62-,63-,70-/m0/s1. The largest absolute Gasteiger partial charge is 0.481 e. The van der Waals surface area contributed by atoms with Gasteiger partial charge in [-0.1, -0.05) is 105 Å². The highest BCUT2D eigenvalue weighted by molar-refractivity contribution is 8.00. The number of methoxy groups -OCH3 is 2. The number of aliphatic hydroxyl groups is 2. The van der Waals surface area contributed by atoms with Gasteiger partial charge in [-0.2, -0.15) is 4.31 Å². The van der Waals surface area contributed by atoms with Gasteiger partial charge in [0.2, 0.25) is 47.3 Å². The lowest BCUT2D eigenvalue weighted by Gasteiger charge is -2.41.